The van der Waals surface area contributed by atoms with E-state index in [2.05, 4.69) is 15.2 Å². The van der Waals surface area contributed by atoms with Gasteiger partial charge in [0.1, 0.15) is 24.3 Å². The monoisotopic (exact) mass is 369 g/mol. The second kappa shape index (κ2) is 6.02. The highest BCUT2D eigenvalue weighted by molar-refractivity contribution is 6.10. The van der Waals surface area contributed by atoms with E-state index in [4.69, 9.17) is 0 Å². The fraction of sp³-hybridized carbons (Fsp3) is 0.167. The number of aromatic nitrogens is 1. The molecule has 0 bridgehead atoms. The van der Waals surface area contributed by atoms with E-state index in [1.165, 1.54) is 18.5 Å². The Kier molecular flexibility index (Phi) is 3.77. The lowest BCUT2D eigenvalue weighted by Crippen LogP contribution is -2.43. The van der Waals surface area contributed by atoms with Crippen LogP contribution in [0.4, 0.5) is 18.9 Å². The molecule has 2 aromatic rings. The Morgan fingerprint density at radius 1 is 1.26 bits per heavy atom. The van der Waals surface area contributed by atoms with E-state index < -0.39 is 24.7 Å². The van der Waals surface area contributed by atoms with E-state index in [1.807, 2.05) is 6.07 Å². The van der Waals surface area contributed by atoms with Crippen molar-refractivity contribution < 1.29 is 18.0 Å². The zero-order valence-electron chi connectivity index (χ0n) is 13.6. The maximum Gasteiger partial charge on any atom is 0.406 e. The standard InChI is InChI=1S/C18H10F3N5O/c19-18(20,21)9-26-15-6-10(11-2-1-5-23-14(11)7-22)3-4-12(15)16-13(17(26)27)8-24-25-16/h1-6,8,16H,9H2. The lowest BCUT2D eigenvalue weighted by atomic mass is 9.90. The fourth-order valence-electron chi connectivity index (χ4n) is 3.20. The van der Waals surface area contributed by atoms with Crippen LogP contribution in [-0.4, -0.2) is 23.6 Å². The van der Waals surface area contributed by atoms with Gasteiger partial charge < -0.3 is 0 Å². The number of alkyl halides is 3. The molecule has 0 spiro atoms. The highest BCUT2D eigenvalue weighted by Gasteiger charge is 2.43. The highest BCUT2D eigenvalue weighted by atomic mass is 19.4. The molecule has 0 saturated heterocycles. The molecule has 9 heteroatoms. The number of fused-ring (bicyclic) bond motifs is 3. The van der Waals surface area contributed by atoms with E-state index in [1.54, 1.807) is 24.3 Å². The molecule has 2 aliphatic rings. The summed E-state index contributed by atoms with van der Waals surface area (Å²) in [6, 6.07) is 9.25. The Morgan fingerprint density at radius 3 is 2.81 bits per heavy atom. The van der Waals surface area contributed by atoms with Crippen molar-refractivity contribution in [2.75, 3.05) is 11.4 Å². The summed E-state index contributed by atoms with van der Waals surface area (Å²) < 4.78 is 39.2. The average molecular weight is 369 g/mol. The van der Waals surface area contributed by atoms with Gasteiger partial charge in [-0.15, -0.1) is 0 Å². The smallest absolute Gasteiger partial charge is 0.299 e. The molecule has 27 heavy (non-hydrogen) atoms. The van der Waals surface area contributed by atoms with Crippen LogP contribution in [0.25, 0.3) is 11.1 Å². The van der Waals surface area contributed by atoms with Crippen LogP contribution in [0.15, 0.2) is 58.5 Å². The molecule has 0 N–H and O–H groups in total. The summed E-state index contributed by atoms with van der Waals surface area (Å²) in [6.45, 7) is -1.43. The van der Waals surface area contributed by atoms with Gasteiger partial charge in [0.25, 0.3) is 5.91 Å². The molecule has 0 saturated carbocycles. The van der Waals surface area contributed by atoms with E-state index >= 15 is 0 Å². The summed E-state index contributed by atoms with van der Waals surface area (Å²) in [5, 5.41) is 16.9. The van der Waals surface area contributed by atoms with Gasteiger partial charge in [-0.25, -0.2) is 4.98 Å². The van der Waals surface area contributed by atoms with Gasteiger partial charge in [0.2, 0.25) is 0 Å². The minimum absolute atomic E-state index is 0.102. The summed E-state index contributed by atoms with van der Waals surface area (Å²) in [5.74, 6) is -0.779. The van der Waals surface area contributed by atoms with Gasteiger partial charge in [0.05, 0.1) is 17.5 Å². The number of benzene rings is 1. The first-order valence-electron chi connectivity index (χ1n) is 7.87. The van der Waals surface area contributed by atoms with Crippen molar-refractivity contribution in [1.29, 1.82) is 5.26 Å². The molecule has 6 nitrogen and oxygen atoms in total. The largest absolute Gasteiger partial charge is 0.406 e. The predicted molar refractivity (Wildman–Crippen MR) is 88.5 cm³/mol. The van der Waals surface area contributed by atoms with Crippen molar-refractivity contribution in [3.05, 3.63) is 59.6 Å². The quantitative estimate of drug-likeness (QED) is 0.804. The number of anilines is 1. The van der Waals surface area contributed by atoms with Gasteiger partial charge in [-0.3, -0.25) is 9.69 Å². The Hall–Kier alpha value is -3.54. The van der Waals surface area contributed by atoms with Crippen LogP contribution in [0.1, 0.15) is 17.3 Å². The Balaban J connectivity index is 1.89. The maximum atomic E-state index is 13.1. The summed E-state index contributed by atoms with van der Waals surface area (Å²) in [6.07, 6.45) is -1.92. The lowest BCUT2D eigenvalue weighted by Gasteiger charge is -2.33. The van der Waals surface area contributed by atoms with Crippen LogP contribution in [0.2, 0.25) is 0 Å². The van der Waals surface area contributed by atoms with Crippen molar-refractivity contribution in [3.8, 4) is 17.2 Å². The number of pyridine rings is 1. The summed E-state index contributed by atoms with van der Waals surface area (Å²) >= 11 is 0. The summed E-state index contributed by atoms with van der Waals surface area (Å²) in [7, 11) is 0. The highest BCUT2D eigenvalue weighted by Crippen LogP contribution is 2.45. The van der Waals surface area contributed by atoms with Crippen molar-refractivity contribution in [2.45, 2.75) is 12.2 Å². The third kappa shape index (κ3) is 2.85. The molecule has 0 aliphatic carbocycles. The molecule has 1 atom stereocenters. The van der Waals surface area contributed by atoms with Crippen LogP contribution in [0, 0.1) is 11.3 Å². The number of carbonyl (C=O) groups excluding carboxylic acids is 1. The topological polar surface area (TPSA) is 81.7 Å². The van der Waals surface area contributed by atoms with Crippen LogP contribution in [0.3, 0.4) is 0 Å². The van der Waals surface area contributed by atoms with Gasteiger partial charge in [0, 0.05) is 17.3 Å². The van der Waals surface area contributed by atoms with Crippen molar-refractivity contribution in [3.63, 3.8) is 0 Å². The molecule has 1 amide bonds. The van der Waals surface area contributed by atoms with E-state index in [9.17, 15) is 23.2 Å². The Morgan fingerprint density at radius 2 is 2.07 bits per heavy atom. The number of azo groups is 1. The number of amides is 1. The molecule has 2 aliphatic heterocycles. The summed E-state index contributed by atoms with van der Waals surface area (Å²) in [4.78, 5) is 17.2. The molecule has 1 aromatic carbocycles. The SMILES string of the molecule is N#Cc1ncccc1-c1ccc2c(c1)N(CC(F)(F)F)C(=O)C1=CN=NC12. The van der Waals surface area contributed by atoms with Gasteiger partial charge in [0.15, 0.2) is 0 Å². The molecule has 0 fully saturated rings. The van der Waals surface area contributed by atoms with Gasteiger partial charge in [-0.2, -0.15) is 28.7 Å². The van der Waals surface area contributed by atoms with E-state index in [0.29, 0.717) is 21.6 Å². The zero-order valence-corrected chi connectivity index (χ0v) is 13.6. The molecule has 3 heterocycles. The molecular formula is C18H10F3N5O. The first-order valence-corrected chi connectivity index (χ1v) is 7.87. The average Bonchev–Trinajstić information content (AvgIpc) is 3.14. The zero-order chi connectivity index (χ0) is 19.2. The van der Waals surface area contributed by atoms with Gasteiger partial charge in [-0.1, -0.05) is 12.1 Å². The van der Waals surface area contributed by atoms with Crippen LogP contribution in [-0.2, 0) is 4.79 Å². The second-order valence-electron chi connectivity index (χ2n) is 6.01. The van der Waals surface area contributed by atoms with Crippen LogP contribution in [0.5, 0.6) is 0 Å². The fourth-order valence-corrected chi connectivity index (χ4v) is 3.20. The van der Waals surface area contributed by atoms with Crippen LogP contribution >= 0.6 is 0 Å². The number of nitriles is 1. The molecule has 0 radical (unpaired) electrons. The molecule has 1 aromatic heterocycles. The molecule has 4 rings (SSSR count). The third-order valence-electron chi connectivity index (χ3n) is 4.34. The lowest BCUT2D eigenvalue weighted by molar-refractivity contribution is -0.130. The van der Waals surface area contributed by atoms with Crippen molar-refractivity contribution in [2.24, 2.45) is 10.2 Å². The minimum Gasteiger partial charge on any atom is -0.299 e. The summed E-state index contributed by atoms with van der Waals surface area (Å²) in [5.41, 5.74) is 1.77. The number of hydrogen-bond acceptors (Lipinski definition) is 5. The number of rotatable bonds is 2. The second-order valence-corrected chi connectivity index (χ2v) is 6.01. The Bertz CT molecular complexity index is 1050. The number of halogens is 3. The number of hydrogen-bond donors (Lipinski definition) is 0. The number of carbonyl (C=O) groups is 1. The van der Waals surface area contributed by atoms with E-state index in [-0.39, 0.29) is 17.0 Å². The van der Waals surface area contributed by atoms with Crippen LogP contribution < -0.4 is 4.90 Å². The van der Waals surface area contributed by atoms with E-state index in [0.717, 1.165) is 0 Å². The van der Waals surface area contributed by atoms with Crippen molar-refractivity contribution in [1.82, 2.24) is 4.98 Å². The predicted octanol–water partition coefficient (Wildman–Crippen LogP) is 3.92. The van der Waals surface area contributed by atoms with Gasteiger partial charge >= 0.3 is 6.18 Å². The number of nitrogens with zero attached hydrogens (tertiary/aromatic N) is 5. The van der Waals surface area contributed by atoms with Gasteiger partial charge in [-0.05, 0) is 23.8 Å². The minimum atomic E-state index is -4.57. The molecule has 134 valence electrons. The van der Waals surface area contributed by atoms with Crippen molar-refractivity contribution >= 4 is 11.6 Å². The Labute approximate surface area is 151 Å². The first kappa shape index (κ1) is 16.9. The maximum absolute atomic E-state index is 13.1. The first-order chi connectivity index (χ1) is 12.9. The normalized spacial score (nSPS) is 18.0. The molecular weight excluding hydrogens is 359 g/mol. The third-order valence-corrected chi connectivity index (χ3v) is 4.34. The molecule has 1 unspecified atom stereocenters.